The van der Waals surface area contributed by atoms with Crippen LogP contribution in [0, 0.1) is 47.3 Å². The lowest BCUT2D eigenvalue weighted by Gasteiger charge is -2.42. The van der Waals surface area contributed by atoms with E-state index < -0.39 is 155 Å². The fraction of sp³-hybridized carbons (Fsp3) is 0.806. The van der Waals surface area contributed by atoms with Gasteiger partial charge in [-0.15, -0.1) is 0 Å². The van der Waals surface area contributed by atoms with E-state index in [2.05, 4.69) is 21.3 Å². The third-order valence-electron chi connectivity index (χ3n) is 16.8. The van der Waals surface area contributed by atoms with E-state index in [4.69, 9.17) is 0 Å². The Balaban J connectivity index is 4.35. The number of hydrogen-bond acceptors (Lipinski definition) is 12. The Morgan fingerprint density at radius 1 is 0.388 bits per heavy atom. The van der Waals surface area contributed by atoms with Crippen molar-refractivity contribution in [1.29, 1.82) is 0 Å². The molecule has 0 saturated carbocycles. The molecule has 1 saturated heterocycles. The zero-order valence-electron chi connectivity index (χ0n) is 56.3. The molecule has 1 aliphatic heterocycles. The van der Waals surface area contributed by atoms with Crippen molar-refractivity contribution >= 4 is 71.3 Å². The SMILES string of the molecule is CC[C@@H]1NC(=O)[C@H]([C@H](C)[C@H](C)CC=O)N(C)C(=O)[C@H](C(C)C)N(C)C(=O)[C@H](CC(C)C)N(C)C(=O)[C@H](CC(C)C)N(C)C(=O)[C@@H](C)NC(=O)[C@H](C)NC(=O)[C@H](CC(C)C)N(C)C(=O)[C@H](C(C)C)NC(=O)[C@H](CC(C)C)N(C)C(=O)[C@@H](C)N(C)C1=O. The first-order chi connectivity index (χ1) is 39.1. The van der Waals surface area contributed by atoms with Crippen LogP contribution < -0.4 is 21.3 Å². The molecular weight excluding hydrogens is 1090 g/mol. The van der Waals surface area contributed by atoms with Crippen LogP contribution in [0.2, 0.25) is 0 Å². The lowest BCUT2D eigenvalue weighted by atomic mass is 9.85. The Morgan fingerprint density at radius 2 is 0.776 bits per heavy atom. The van der Waals surface area contributed by atoms with Gasteiger partial charge >= 0.3 is 0 Å². The van der Waals surface area contributed by atoms with E-state index in [1.54, 1.807) is 48.5 Å². The Labute approximate surface area is 508 Å². The maximum atomic E-state index is 15.2. The molecule has 0 aromatic heterocycles. The highest BCUT2D eigenvalue weighted by Gasteiger charge is 2.45. The van der Waals surface area contributed by atoms with Crippen LogP contribution in [0.15, 0.2) is 0 Å². The van der Waals surface area contributed by atoms with Gasteiger partial charge in [0.05, 0.1) is 0 Å². The fourth-order valence-corrected chi connectivity index (χ4v) is 11.0. The van der Waals surface area contributed by atoms with Crippen LogP contribution in [-0.2, 0) is 57.5 Å². The van der Waals surface area contributed by atoms with E-state index in [1.807, 2.05) is 55.4 Å². The second-order valence-corrected chi connectivity index (χ2v) is 26.4. The first-order valence-corrected chi connectivity index (χ1v) is 30.7. The number of nitrogens with zero attached hydrogens (tertiary/aromatic N) is 7. The van der Waals surface area contributed by atoms with Crippen LogP contribution in [-0.4, -0.2) is 221 Å². The highest BCUT2D eigenvalue weighted by Crippen LogP contribution is 2.27. The summed E-state index contributed by atoms with van der Waals surface area (Å²) in [6.07, 6.45) is 1.44. The maximum Gasteiger partial charge on any atom is 0.246 e. The number of amides is 11. The Kier molecular flexibility index (Phi) is 31.0. The highest BCUT2D eigenvalue weighted by atomic mass is 16.2. The smallest absolute Gasteiger partial charge is 0.246 e. The van der Waals surface area contributed by atoms with Gasteiger partial charge in [0.2, 0.25) is 65.0 Å². The van der Waals surface area contributed by atoms with E-state index >= 15 is 9.59 Å². The average Bonchev–Trinajstić information content (AvgIpc) is 3.49. The van der Waals surface area contributed by atoms with Crippen molar-refractivity contribution in [2.24, 2.45) is 47.3 Å². The highest BCUT2D eigenvalue weighted by molar-refractivity contribution is 6.00. The molecular formula is C62H111N11O12. The van der Waals surface area contributed by atoms with Gasteiger partial charge in [0.15, 0.2) is 0 Å². The summed E-state index contributed by atoms with van der Waals surface area (Å²) >= 11 is 0. The number of hydrogen-bond donors (Lipinski definition) is 4. The molecule has 0 bridgehead atoms. The van der Waals surface area contributed by atoms with E-state index in [0.29, 0.717) is 0 Å². The van der Waals surface area contributed by atoms with Crippen molar-refractivity contribution in [2.75, 3.05) is 49.3 Å². The van der Waals surface area contributed by atoms with E-state index in [9.17, 15) is 47.9 Å². The molecule has 23 heteroatoms. The third kappa shape index (κ3) is 20.8. The molecule has 1 fully saturated rings. The molecule has 11 amide bonds. The molecule has 486 valence electrons. The molecule has 0 radical (unpaired) electrons. The van der Waals surface area contributed by atoms with Crippen LogP contribution in [0.4, 0.5) is 0 Å². The van der Waals surface area contributed by atoms with Crippen LogP contribution in [0.25, 0.3) is 0 Å². The average molecular weight is 1200 g/mol. The summed E-state index contributed by atoms with van der Waals surface area (Å²) in [5.74, 6) is -9.88. The van der Waals surface area contributed by atoms with Crippen LogP contribution in [0.1, 0.15) is 163 Å². The summed E-state index contributed by atoms with van der Waals surface area (Å²) in [5.41, 5.74) is 0. The van der Waals surface area contributed by atoms with Crippen molar-refractivity contribution in [3.8, 4) is 0 Å². The van der Waals surface area contributed by atoms with Gasteiger partial charge in [-0.1, -0.05) is 104 Å². The maximum absolute atomic E-state index is 15.2. The van der Waals surface area contributed by atoms with Gasteiger partial charge in [0.1, 0.15) is 72.7 Å². The quantitative estimate of drug-likeness (QED) is 0.172. The molecule has 1 rings (SSSR count). The number of aldehydes is 1. The largest absolute Gasteiger partial charge is 0.343 e. The number of carbonyl (C=O) groups is 12. The number of rotatable bonds is 15. The second kappa shape index (κ2) is 34.2. The minimum atomic E-state index is -1.30. The van der Waals surface area contributed by atoms with Gasteiger partial charge in [-0.3, -0.25) is 52.7 Å². The van der Waals surface area contributed by atoms with Gasteiger partial charge in [-0.2, -0.15) is 0 Å². The topological polar surface area (TPSA) is 276 Å². The van der Waals surface area contributed by atoms with Crippen LogP contribution >= 0.6 is 0 Å². The van der Waals surface area contributed by atoms with Gasteiger partial charge in [0, 0.05) is 55.8 Å². The normalized spacial score (nSPS) is 27.6. The standard InChI is InChI=1S/C62H111N11O12/c1-26-44-58(81)67(19)43(18)57(80)68(20)46(30-34(4)5)54(77)66-49(37(10)11)61(84)69(21)45(29-33(2)3)53(76)63-41(16)52(75)64-42(17)56(79)70(22)47(31-35(6)7)59(82)71(23)48(32-36(8)9)60(83)72(24)50(38(12)13)62(85)73(25)51(55(78)65-44)40(15)39(14)27-28-74/h28,33-51H,26-27,29-32H2,1-25H3,(H,63,76)(H,64,75)(H,65,78)(H,66,77)/t39-,40-,41+,42-,43-,44+,45+,46+,47+,48+,49+,50+,51+/m1/s1. The first-order valence-electron chi connectivity index (χ1n) is 30.7. The molecule has 0 unspecified atom stereocenters. The molecule has 4 N–H and O–H groups in total. The van der Waals surface area contributed by atoms with Gasteiger partial charge in [-0.25, -0.2) is 0 Å². The van der Waals surface area contributed by atoms with E-state index in [0.717, 1.165) is 6.29 Å². The Hall–Kier alpha value is -6.16. The molecule has 1 aliphatic rings. The molecule has 13 atom stereocenters. The monoisotopic (exact) mass is 1200 g/mol. The Morgan fingerprint density at radius 3 is 1.20 bits per heavy atom. The molecule has 1 heterocycles. The van der Waals surface area contributed by atoms with Crippen molar-refractivity contribution in [2.45, 2.75) is 230 Å². The zero-order chi connectivity index (χ0) is 66.1. The van der Waals surface area contributed by atoms with Gasteiger partial charge < -0.3 is 60.4 Å². The first kappa shape index (κ1) is 76.9. The van der Waals surface area contributed by atoms with Crippen LogP contribution in [0.3, 0.4) is 0 Å². The minimum Gasteiger partial charge on any atom is -0.343 e. The lowest BCUT2D eigenvalue weighted by Crippen LogP contribution is -2.63. The van der Waals surface area contributed by atoms with Crippen molar-refractivity contribution in [3.63, 3.8) is 0 Å². The number of likely N-dealkylation sites (N-methyl/N-ethyl adjacent to an activating group) is 7. The number of nitrogens with one attached hydrogen (secondary N) is 4. The summed E-state index contributed by atoms with van der Waals surface area (Å²) < 4.78 is 0. The Bertz CT molecular complexity index is 2330. The predicted molar refractivity (Wildman–Crippen MR) is 327 cm³/mol. The van der Waals surface area contributed by atoms with Crippen molar-refractivity contribution in [3.05, 3.63) is 0 Å². The van der Waals surface area contributed by atoms with E-state index in [-0.39, 0.29) is 62.2 Å². The molecule has 0 aromatic carbocycles. The molecule has 0 aliphatic carbocycles. The zero-order valence-corrected chi connectivity index (χ0v) is 56.3. The summed E-state index contributed by atoms with van der Waals surface area (Å²) in [7, 11) is 10.1. The van der Waals surface area contributed by atoms with Crippen LogP contribution in [0.5, 0.6) is 0 Å². The summed E-state index contributed by atoms with van der Waals surface area (Å²) in [4.78, 5) is 182. The summed E-state index contributed by atoms with van der Waals surface area (Å²) in [6.45, 7) is 31.4. The predicted octanol–water partition coefficient (Wildman–Crippen LogP) is 3.56. The third-order valence-corrected chi connectivity index (χ3v) is 16.8. The second-order valence-electron chi connectivity index (χ2n) is 26.4. The molecule has 0 aromatic rings. The molecule has 0 spiro atoms. The minimum absolute atomic E-state index is 0.0339. The molecule has 85 heavy (non-hydrogen) atoms. The van der Waals surface area contributed by atoms with Gasteiger partial charge in [-0.05, 0) is 100 Å². The van der Waals surface area contributed by atoms with Crippen molar-refractivity contribution < 1.29 is 57.5 Å². The lowest BCUT2D eigenvalue weighted by molar-refractivity contribution is -0.156. The fourth-order valence-electron chi connectivity index (χ4n) is 11.0. The van der Waals surface area contributed by atoms with Gasteiger partial charge in [0.25, 0.3) is 0 Å². The summed E-state index contributed by atoms with van der Waals surface area (Å²) in [6, 6.07) is -13.1. The number of carbonyl (C=O) groups excluding carboxylic acids is 12. The summed E-state index contributed by atoms with van der Waals surface area (Å²) in [5, 5.41) is 11.1. The van der Waals surface area contributed by atoms with Crippen molar-refractivity contribution in [1.82, 2.24) is 55.6 Å². The van der Waals surface area contributed by atoms with E-state index in [1.165, 1.54) is 104 Å². The molecule has 23 nitrogen and oxygen atoms in total.